The summed E-state index contributed by atoms with van der Waals surface area (Å²) in [5.74, 6) is 3.94. The van der Waals surface area contributed by atoms with Crippen LogP contribution in [0.3, 0.4) is 0 Å². The number of allylic oxidation sites excluding steroid dienone is 2. The molecule has 1 aliphatic heterocycles. The number of carbonyl (C=O) groups excluding carboxylic acids is 3. The summed E-state index contributed by atoms with van der Waals surface area (Å²) < 4.78 is 17.3. The van der Waals surface area contributed by atoms with Crippen molar-refractivity contribution < 1.29 is 33.7 Å². The average Bonchev–Trinajstić information content (AvgIpc) is 3.47. The predicted octanol–water partition coefficient (Wildman–Crippen LogP) is 10.8. The van der Waals surface area contributed by atoms with E-state index in [0.717, 1.165) is 61.7 Å². The highest BCUT2D eigenvalue weighted by Gasteiger charge is 2.59. The Hall–Kier alpha value is -3.09. The van der Waals surface area contributed by atoms with Gasteiger partial charge < -0.3 is 19.3 Å². The van der Waals surface area contributed by atoms with Crippen LogP contribution in [0.1, 0.15) is 160 Å². The molecule has 0 amide bonds. The average molecular weight is 731 g/mol. The fraction of sp³-hybridized carbons (Fsp3) is 0.717. The zero-order valence-electron chi connectivity index (χ0n) is 33.3. The van der Waals surface area contributed by atoms with Crippen molar-refractivity contribution in [1.29, 1.82) is 0 Å². The number of cyclic esters (lactones) is 1. The molecule has 292 valence electrons. The van der Waals surface area contributed by atoms with Gasteiger partial charge in [-0.15, -0.1) is 0 Å². The third kappa shape index (κ3) is 8.91. The molecule has 0 saturated heterocycles. The number of hydrogen-bond acceptors (Lipinski definition) is 7. The minimum atomic E-state index is -0.624. The van der Waals surface area contributed by atoms with Crippen molar-refractivity contribution in [1.82, 2.24) is 0 Å². The van der Waals surface area contributed by atoms with E-state index in [-0.39, 0.29) is 47.6 Å². The number of hydrogen-bond donors (Lipinski definition) is 1. The highest BCUT2D eigenvalue weighted by Crippen LogP contribution is 2.67. The topological polar surface area (TPSA) is 99.1 Å². The van der Waals surface area contributed by atoms with Crippen LogP contribution in [0.2, 0.25) is 0 Å². The van der Waals surface area contributed by atoms with Gasteiger partial charge in [0, 0.05) is 25.3 Å². The van der Waals surface area contributed by atoms with Crippen molar-refractivity contribution in [3.05, 3.63) is 41.0 Å². The summed E-state index contributed by atoms with van der Waals surface area (Å²) >= 11 is 0. The molecule has 8 atom stereocenters. The molecule has 53 heavy (non-hydrogen) atoms. The minimum absolute atomic E-state index is 0.0690. The molecule has 3 fully saturated rings. The van der Waals surface area contributed by atoms with Gasteiger partial charge in [0.1, 0.15) is 28.9 Å². The Morgan fingerprint density at radius 1 is 0.981 bits per heavy atom. The van der Waals surface area contributed by atoms with E-state index in [9.17, 15) is 19.5 Å². The van der Waals surface area contributed by atoms with E-state index in [1.165, 1.54) is 56.6 Å². The number of phenols is 1. The molecule has 0 radical (unpaired) electrons. The first kappa shape index (κ1) is 39.6. The van der Waals surface area contributed by atoms with Gasteiger partial charge in [-0.3, -0.25) is 4.79 Å². The minimum Gasteiger partial charge on any atom is -0.507 e. The van der Waals surface area contributed by atoms with Gasteiger partial charge >= 0.3 is 11.9 Å². The maximum Gasteiger partial charge on any atom is 0.344 e. The van der Waals surface area contributed by atoms with Crippen LogP contribution < -0.4 is 4.74 Å². The number of rotatable bonds is 9. The molecule has 7 nitrogen and oxygen atoms in total. The van der Waals surface area contributed by atoms with Crippen LogP contribution in [0.25, 0.3) is 6.08 Å². The van der Waals surface area contributed by atoms with E-state index in [0.29, 0.717) is 49.0 Å². The Kier molecular flexibility index (Phi) is 12.8. The molecule has 6 rings (SSSR count). The lowest BCUT2D eigenvalue weighted by Crippen LogP contribution is -2.51. The Bertz CT molecular complexity index is 1540. The third-order valence-electron chi connectivity index (χ3n) is 14.4. The van der Waals surface area contributed by atoms with E-state index < -0.39 is 11.9 Å². The molecule has 0 spiro atoms. The molecular formula is C46H66O7. The van der Waals surface area contributed by atoms with Crippen molar-refractivity contribution in [3.8, 4) is 11.5 Å². The molecule has 0 bridgehead atoms. The van der Waals surface area contributed by atoms with E-state index in [1.54, 1.807) is 12.1 Å². The molecule has 7 heteroatoms. The van der Waals surface area contributed by atoms with Crippen molar-refractivity contribution in [2.45, 2.75) is 150 Å². The molecule has 1 N–H and O–H groups in total. The van der Waals surface area contributed by atoms with Crippen molar-refractivity contribution >= 4 is 23.8 Å². The summed E-state index contributed by atoms with van der Waals surface area (Å²) in [5, 5.41) is 10.9. The summed E-state index contributed by atoms with van der Waals surface area (Å²) in [4.78, 5) is 38.1. The van der Waals surface area contributed by atoms with Gasteiger partial charge in [-0.25, -0.2) is 9.59 Å². The zero-order chi connectivity index (χ0) is 37.8. The molecular weight excluding hydrogens is 664 g/mol. The number of fused-ring (bicyclic) bond motifs is 6. The zero-order valence-corrected chi connectivity index (χ0v) is 33.3. The monoisotopic (exact) mass is 730 g/mol. The summed E-state index contributed by atoms with van der Waals surface area (Å²) in [7, 11) is 0. The van der Waals surface area contributed by atoms with Crippen LogP contribution in [-0.4, -0.2) is 42.1 Å². The quantitative estimate of drug-likeness (QED) is 0.199. The number of benzene rings is 1. The van der Waals surface area contributed by atoms with Gasteiger partial charge in [0.15, 0.2) is 6.61 Å². The van der Waals surface area contributed by atoms with E-state index in [1.807, 2.05) is 6.08 Å². The maximum atomic E-state index is 13.1. The van der Waals surface area contributed by atoms with E-state index in [2.05, 4.69) is 40.7 Å². The largest absolute Gasteiger partial charge is 0.507 e. The van der Waals surface area contributed by atoms with Crippen LogP contribution in [0.5, 0.6) is 11.5 Å². The number of Topliss-reactive ketones (excluding diaryl/α,β-unsaturated/α-hetero) is 1. The molecule has 3 saturated carbocycles. The maximum absolute atomic E-state index is 13.1. The Labute approximate surface area is 318 Å². The second-order valence-electron chi connectivity index (χ2n) is 18.3. The van der Waals surface area contributed by atoms with Crippen molar-refractivity contribution in [2.75, 3.05) is 13.2 Å². The van der Waals surface area contributed by atoms with Crippen LogP contribution in [0, 0.1) is 46.3 Å². The molecule has 0 unspecified atom stereocenters. The smallest absolute Gasteiger partial charge is 0.344 e. The lowest BCUT2D eigenvalue weighted by atomic mass is 9.47. The fourth-order valence-corrected chi connectivity index (χ4v) is 11.6. The van der Waals surface area contributed by atoms with Crippen molar-refractivity contribution in [3.63, 3.8) is 0 Å². The molecule has 0 aromatic heterocycles. The van der Waals surface area contributed by atoms with Gasteiger partial charge in [0.25, 0.3) is 0 Å². The summed E-state index contributed by atoms with van der Waals surface area (Å²) in [6, 6.07) is 3.00. The lowest BCUT2D eigenvalue weighted by molar-refractivity contribution is -0.154. The van der Waals surface area contributed by atoms with Crippen LogP contribution in [-0.2, 0) is 19.1 Å². The van der Waals surface area contributed by atoms with Crippen molar-refractivity contribution in [2.24, 2.45) is 46.3 Å². The summed E-state index contributed by atoms with van der Waals surface area (Å²) in [6.45, 7) is 12.3. The molecule has 1 aromatic rings. The van der Waals surface area contributed by atoms with Gasteiger partial charge in [-0.2, -0.15) is 0 Å². The summed E-state index contributed by atoms with van der Waals surface area (Å²) in [6.07, 6.45) is 23.1. The first-order valence-electron chi connectivity index (χ1n) is 21.1. The number of aromatic hydroxyl groups is 1. The fourth-order valence-electron chi connectivity index (χ4n) is 11.6. The van der Waals surface area contributed by atoms with E-state index >= 15 is 0 Å². The second-order valence-corrected chi connectivity index (χ2v) is 18.3. The molecule has 1 aromatic carbocycles. The SMILES string of the molecule is CC(C)CCC[C@@H](C)[C@H]1CC[C@H]2[C@@H]3CC=C4C[C@H](OC(=O)COc5cc(O)c6c(c5)/C=C/CCCC(=O)CCCCOC6=O)CC[C@]4(C)[C@H]3CC[C@]12C. The molecule has 4 aliphatic carbocycles. The number of esters is 2. The number of carbonyl (C=O) groups is 3. The molecule has 1 heterocycles. The summed E-state index contributed by atoms with van der Waals surface area (Å²) in [5.41, 5.74) is 2.66. The number of phenolic OH excluding ortho intramolecular Hbond substituents is 1. The first-order valence-corrected chi connectivity index (χ1v) is 21.1. The molecule has 5 aliphatic rings. The third-order valence-corrected chi connectivity index (χ3v) is 14.4. The predicted molar refractivity (Wildman–Crippen MR) is 209 cm³/mol. The standard InChI is InChI=1S/C46H66O7/c1-30(2)12-11-13-31(3)38-19-20-39-37-18-17-33-27-35(21-23-45(33,4)40(37)22-24-46(38,39)5)53-42(49)29-52-36-26-32-14-7-6-8-15-34(47)16-9-10-25-51-44(50)43(32)41(48)28-36/h7,14,17,26,28,30-31,35,37-40,48H,6,8-13,15-16,18-25,27,29H2,1-5H3/b14-7+/t31-,35-,37+,38-,39+,40+,45+,46-/m1/s1. The highest BCUT2D eigenvalue weighted by molar-refractivity contribution is 5.97. The second kappa shape index (κ2) is 17.1. The first-order chi connectivity index (χ1) is 25.4. The van der Waals surface area contributed by atoms with Gasteiger partial charge in [-0.1, -0.05) is 77.7 Å². The Morgan fingerprint density at radius 2 is 1.79 bits per heavy atom. The highest BCUT2D eigenvalue weighted by atomic mass is 16.6. The normalized spacial score (nSPS) is 33.2. The Balaban J connectivity index is 1.05. The van der Waals surface area contributed by atoms with Crippen LogP contribution in [0.15, 0.2) is 29.9 Å². The van der Waals surface area contributed by atoms with E-state index in [4.69, 9.17) is 14.2 Å². The Morgan fingerprint density at radius 3 is 2.60 bits per heavy atom. The van der Waals surface area contributed by atoms with Crippen LogP contribution >= 0.6 is 0 Å². The lowest BCUT2D eigenvalue weighted by Gasteiger charge is -2.58. The van der Waals surface area contributed by atoms with Crippen LogP contribution in [0.4, 0.5) is 0 Å². The van der Waals surface area contributed by atoms with Gasteiger partial charge in [-0.05, 0) is 129 Å². The number of ketones is 1. The van der Waals surface area contributed by atoms with Gasteiger partial charge in [0.05, 0.1) is 6.61 Å². The van der Waals surface area contributed by atoms with Gasteiger partial charge in [0.2, 0.25) is 0 Å². The number of ether oxygens (including phenoxy) is 3.